The second kappa shape index (κ2) is 7.01. The van der Waals surface area contributed by atoms with E-state index in [0.29, 0.717) is 19.0 Å². The first-order valence-corrected chi connectivity index (χ1v) is 9.42. The topological polar surface area (TPSA) is 81.5 Å². The molecule has 7 heteroatoms. The minimum Gasteiger partial charge on any atom is -0.341 e. The monoisotopic (exact) mass is 335 g/mol. The molecule has 0 unspecified atom stereocenters. The van der Waals surface area contributed by atoms with Gasteiger partial charge in [0.15, 0.2) is 0 Å². The zero-order chi connectivity index (χ0) is 17.0. The number of rotatable bonds is 4. The van der Waals surface area contributed by atoms with Gasteiger partial charge in [-0.25, -0.2) is 8.42 Å². The first-order valence-electron chi connectivity index (χ1n) is 7.57. The van der Waals surface area contributed by atoms with Crippen LogP contribution < -0.4 is 4.31 Å². The molecule has 0 bridgehead atoms. The molecule has 0 N–H and O–H groups in total. The Morgan fingerprint density at radius 1 is 1.35 bits per heavy atom. The largest absolute Gasteiger partial charge is 0.341 e. The summed E-state index contributed by atoms with van der Waals surface area (Å²) < 4.78 is 25.3. The third-order valence-corrected chi connectivity index (χ3v) is 5.24. The quantitative estimate of drug-likeness (QED) is 0.836. The van der Waals surface area contributed by atoms with Gasteiger partial charge in [0.1, 0.15) is 12.6 Å². The first-order chi connectivity index (χ1) is 10.8. The first kappa shape index (κ1) is 17.3. The van der Waals surface area contributed by atoms with Crippen molar-refractivity contribution in [1.29, 1.82) is 5.26 Å². The van der Waals surface area contributed by atoms with E-state index >= 15 is 0 Å². The molecule has 1 aliphatic heterocycles. The van der Waals surface area contributed by atoms with Crippen LogP contribution in [0.15, 0.2) is 24.3 Å². The molecule has 0 aliphatic carbocycles. The number of carbonyl (C=O) groups is 1. The molecule has 124 valence electrons. The van der Waals surface area contributed by atoms with Crippen molar-refractivity contribution in [3.05, 3.63) is 29.8 Å². The number of likely N-dealkylation sites (tertiary alicyclic amines) is 1. The smallest absolute Gasteiger partial charge is 0.243 e. The summed E-state index contributed by atoms with van der Waals surface area (Å²) in [7, 11) is -3.66. The molecular weight excluding hydrogens is 314 g/mol. The average Bonchev–Trinajstić information content (AvgIpc) is 2.52. The highest BCUT2D eigenvalue weighted by atomic mass is 32.2. The number of hydrogen-bond donors (Lipinski definition) is 0. The van der Waals surface area contributed by atoms with Crippen molar-refractivity contribution in [2.24, 2.45) is 5.92 Å². The fourth-order valence-corrected chi connectivity index (χ4v) is 3.51. The third-order valence-electron chi connectivity index (χ3n) is 4.11. The van der Waals surface area contributed by atoms with Crippen LogP contribution in [0.5, 0.6) is 0 Å². The number of piperidine rings is 1. The number of benzene rings is 1. The highest BCUT2D eigenvalue weighted by molar-refractivity contribution is 7.92. The van der Waals surface area contributed by atoms with E-state index in [4.69, 9.17) is 0 Å². The van der Waals surface area contributed by atoms with Crippen LogP contribution in [0.2, 0.25) is 0 Å². The second-order valence-electron chi connectivity index (χ2n) is 5.96. The van der Waals surface area contributed by atoms with Crippen LogP contribution in [-0.4, -0.2) is 45.1 Å². The standard InChI is InChI=1S/C16H21N3O3S/c1-13-7-9-18(10-8-13)16(20)12-19(23(2,21)22)15-6-4-3-5-14(15)11-17/h3-6,13H,7-10,12H2,1-2H3. The predicted octanol–water partition coefficient (Wildman–Crippen LogP) is 1.58. The molecule has 23 heavy (non-hydrogen) atoms. The molecule has 0 spiro atoms. The molecule has 1 fully saturated rings. The lowest BCUT2D eigenvalue weighted by Crippen LogP contribution is -2.45. The zero-order valence-electron chi connectivity index (χ0n) is 13.4. The lowest BCUT2D eigenvalue weighted by molar-refractivity contribution is -0.130. The Kier molecular flexibility index (Phi) is 5.26. The van der Waals surface area contributed by atoms with Crippen molar-refractivity contribution < 1.29 is 13.2 Å². The average molecular weight is 335 g/mol. The van der Waals surface area contributed by atoms with E-state index in [2.05, 4.69) is 6.92 Å². The summed E-state index contributed by atoms with van der Waals surface area (Å²) in [6.07, 6.45) is 2.91. The maximum absolute atomic E-state index is 12.5. The van der Waals surface area contributed by atoms with E-state index in [1.165, 1.54) is 0 Å². The van der Waals surface area contributed by atoms with Crippen molar-refractivity contribution in [2.75, 3.05) is 30.2 Å². The second-order valence-corrected chi connectivity index (χ2v) is 7.87. The van der Waals surface area contributed by atoms with Crippen LogP contribution >= 0.6 is 0 Å². The van der Waals surface area contributed by atoms with E-state index in [0.717, 1.165) is 23.4 Å². The van der Waals surface area contributed by atoms with Gasteiger partial charge in [-0.2, -0.15) is 5.26 Å². The molecule has 1 heterocycles. The van der Waals surface area contributed by atoms with Gasteiger partial charge in [0.25, 0.3) is 0 Å². The van der Waals surface area contributed by atoms with Crippen molar-refractivity contribution in [3.8, 4) is 6.07 Å². The van der Waals surface area contributed by atoms with E-state index in [1.807, 2.05) is 6.07 Å². The third kappa shape index (κ3) is 4.23. The van der Waals surface area contributed by atoms with Crippen molar-refractivity contribution >= 4 is 21.6 Å². The lowest BCUT2D eigenvalue weighted by Gasteiger charge is -2.32. The maximum atomic E-state index is 12.5. The van der Waals surface area contributed by atoms with Crippen LogP contribution in [0.25, 0.3) is 0 Å². The normalized spacial score (nSPS) is 16.0. The van der Waals surface area contributed by atoms with Gasteiger partial charge >= 0.3 is 0 Å². The van der Waals surface area contributed by atoms with Crippen molar-refractivity contribution in [2.45, 2.75) is 19.8 Å². The van der Waals surface area contributed by atoms with Crippen LogP contribution in [0.4, 0.5) is 5.69 Å². The zero-order valence-corrected chi connectivity index (χ0v) is 14.2. The van der Waals surface area contributed by atoms with E-state index in [1.54, 1.807) is 29.2 Å². The van der Waals surface area contributed by atoms with Gasteiger partial charge in [-0.3, -0.25) is 9.10 Å². The van der Waals surface area contributed by atoms with Gasteiger partial charge in [0.05, 0.1) is 17.5 Å². The molecule has 0 aromatic heterocycles. The van der Waals surface area contributed by atoms with Crippen LogP contribution in [-0.2, 0) is 14.8 Å². The summed E-state index contributed by atoms with van der Waals surface area (Å²) in [6, 6.07) is 8.38. The van der Waals surface area contributed by atoms with Crippen molar-refractivity contribution in [1.82, 2.24) is 4.90 Å². The molecule has 6 nitrogen and oxygen atoms in total. The van der Waals surface area contributed by atoms with Gasteiger partial charge in [-0.15, -0.1) is 0 Å². The highest BCUT2D eigenvalue weighted by Crippen LogP contribution is 2.23. The lowest BCUT2D eigenvalue weighted by atomic mass is 9.99. The Bertz CT molecular complexity index is 716. The summed E-state index contributed by atoms with van der Waals surface area (Å²) >= 11 is 0. The van der Waals surface area contributed by atoms with Crippen LogP contribution in [0.3, 0.4) is 0 Å². The molecule has 1 aromatic rings. The Morgan fingerprint density at radius 3 is 2.52 bits per heavy atom. The van der Waals surface area contributed by atoms with Gasteiger partial charge in [-0.1, -0.05) is 19.1 Å². The SMILES string of the molecule is CC1CCN(C(=O)CN(c2ccccc2C#N)S(C)(=O)=O)CC1. The molecule has 0 atom stereocenters. The number of hydrogen-bond acceptors (Lipinski definition) is 4. The van der Waals surface area contributed by atoms with E-state index in [9.17, 15) is 18.5 Å². The molecule has 0 radical (unpaired) electrons. The fraction of sp³-hybridized carbons (Fsp3) is 0.500. The Hall–Kier alpha value is -2.07. The van der Waals surface area contributed by atoms with E-state index in [-0.39, 0.29) is 23.7 Å². The van der Waals surface area contributed by atoms with E-state index < -0.39 is 10.0 Å². The number of nitriles is 1. The minimum atomic E-state index is -3.66. The fourth-order valence-electron chi connectivity index (χ4n) is 2.65. The maximum Gasteiger partial charge on any atom is 0.243 e. The summed E-state index contributed by atoms with van der Waals surface area (Å²) in [5.41, 5.74) is 0.481. The Balaban J connectivity index is 2.24. The van der Waals surface area contributed by atoms with Gasteiger partial charge in [-0.05, 0) is 30.9 Å². The number of sulfonamides is 1. The summed E-state index contributed by atoms with van der Waals surface area (Å²) in [6.45, 7) is 3.18. The number of anilines is 1. The minimum absolute atomic E-state index is 0.227. The molecule has 1 amide bonds. The Labute approximate surface area is 137 Å². The number of para-hydroxylation sites is 1. The summed E-state index contributed by atoms with van der Waals surface area (Å²) in [4.78, 5) is 14.2. The number of amides is 1. The van der Waals surface area contributed by atoms with Gasteiger partial charge in [0, 0.05) is 13.1 Å². The molecule has 1 aliphatic rings. The highest BCUT2D eigenvalue weighted by Gasteiger charge is 2.27. The number of nitrogens with zero attached hydrogens (tertiary/aromatic N) is 3. The predicted molar refractivity (Wildman–Crippen MR) is 88.3 cm³/mol. The molecule has 0 saturated carbocycles. The Morgan fingerprint density at radius 2 is 1.96 bits per heavy atom. The van der Waals surface area contributed by atoms with Crippen LogP contribution in [0, 0.1) is 17.2 Å². The molecule has 1 saturated heterocycles. The van der Waals surface area contributed by atoms with Gasteiger partial charge < -0.3 is 4.90 Å². The number of carbonyl (C=O) groups excluding carboxylic acids is 1. The summed E-state index contributed by atoms with van der Waals surface area (Å²) in [5.74, 6) is 0.361. The van der Waals surface area contributed by atoms with Crippen LogP contribution in [0.1, 0.15) is 25.3 Å². The molecule has 1 aromatic carbocycles. The molecule has 2 rings (SSSR count). The molecular formula is C16H21N3O3S. The summed E-state index contributed by atoms with van der Waals surface area (Å²) in [5, 5.41) is 9.18. The van der Waals surface area contributed by atoms with Crippen molar-refractivity contribution in [3.63, 3.8) is 0 Å². The van der Waals surface area contributed by atoms with Gasteiger partial charge in [0.2, 0.25) is 15.9 Å².